The molecule has 1 heterocycles. The van der Waals surface area contributed by atoms with Gasteiger partial charge in [-0.3, -0.25) is 9.59 Å². The van der Waals surface area contributed by atoms with Gasteiger partial charge in [-0.15, -0.1) is 0 Å². The van der Waals surface area contributed by atoms with E-state index in [-0.39, 0.29) is 23.1 Å². The van der Waals surface area contributed by atoms with Crippen LogP contribution in [0.1, 0.15) is 48.0 Å². The van der Waals surface area contributed by atoms with Gasteiger partial charge in [0, 0.05) is 12.2 Å². The van der Waals surface area contributed by atoms with Crippen molar-refractivity contribution in [2.45, 2.75) is 45.1 Å². The minimum Gasteiger partial charge on any atom is -0.349 e. The van der Waals surface area contributed by atoms with E-state index in [9.17, 15) is 9.59 Å². The van der Waals surface area contributed by atoms with E-state index in [0.29, 0.717) is 0 Å². The van der Waals surface area contributed by atoms with Crippen molar-refractivity contribution < 1.29 is 4.79 Å². The molecule has 4 heteroatoms. The van der Waals surface area contributed by atoms with Crippen LogP contribution in [-0.2, 0) is 0 Å². The summed E-state index contributed by atoms with van der Waals surface area (Å²) in [5, 5.41) is 2.96. The van der Waals surface area contributed by atoms with Crippen molar-refractivity contribution in [3.05, 3.63) is 33.7 Å². The van der Waals surface area contributed by atoms with Crippen molar-refractivity contribution in [3.8, 4) is 0 Å². The summed E-state index contributed by atoms with van der Waals surface area (Å²) in [6, 6.07) is 1.98. The van der Waals surface area contributed by atoms with Gasteiger partial charge in [0.15, 0.2) is 0 Å². The van der Waals surface area contributed by atoms with Crippen molar-refractivity contribution in [2.75, 3.05) is 0 Å². The number of hydrogen-bond donors (Lipinski definition) is 2. The molecule has 1 aromatic heterocycles. The molecular weight excluding hydrogens is 216 g/mol. The Morgan fingerprint density at radius 1 is 1.35 bits per heavy atom. The van der Waals surface area contributed by atoms with E-state index in [1.807, 2.05) is 0 Å². The number of carbonyl (C=O) groups excluding carboxylic acids is 1. The molecular formula is C13H18N2O2. The number of aryl methyl sites for hydroxylation is 1. The molecule has 2 N–H and O–H groups in total. The molecule has 1 aromatic rings. The Labute approximate surface area is 100 Å². The molecule has 1 aliphatic rings. The molecule has 0 spiro atoms. The van der Waals surface area contributed by atoms with E-state index in [4.69, 9.17) is 0 Å². The van der Waals surface area contributed by atoms with E-state index in [1.54, 1.807) is 19.2 Å². The molecule has 17 heavy (non-hydrogen) atoms. The number of amides is 1. The number of pyridine rings is 1. The third kappa shape index (κ3) is 2.75. The first-order valence-corrected chi connectivity index (χ1v) is 6.17. The summed E-state index contributed by atoms with van der Waals surface area (Å²) in [5.41, 5.74) is 0.665. The van der Waals surface area contributed by atoms with E-state index >= 15 is 0 Å². The average Bonchev–Trinajstić information content (AvgIpc) is 2.30. The van der Waals surface area contributed by atoms with Crippen LogP contribution in [0.2, 0.25) is 0 Å². The molecule has 1 saturated carbocycles. The van der Waals surface area contributed by atoms with E-state index in [1.165, 1.54) is 6.42 Å². The first kappa shape index (κ1) is 11.9. The minimum absolute atomic E-state index is 0.232. The van der Waals surface area contributed by atoms with Gasteiger partial charge in [0.1, 0.15) is 5.56 Å². The third-order valence-corrected chi connectivity index (χ3v) is 3.34. The lowest BCUT2D eigenvalue weighted by atomic mass is 9.95. The predicted molar refractivity (Wildman–Crippen MR) is 66.1 cm³/mol. The highest BCUT2D eigenvalue weighted by molar-refractivity contribution is 5.95. The van der Waals surface area contributed by atoms with Gasteiger partial charge < -0.3 is 10.3 Å². The zero-order valence-corrected chi connectivity index (χ0v) is 10.1. The molecule has 0 radical (unpaired) electrons. The first-order chi connectivity index (χ1) is 8.18. The Morgan fingerprint density at radius 2 is 2.06 bits per heavy atom. The number of H-pyrrole nitrogens is 1. The zero-order valence-electron chi connectivity index (χ0n) is 10.1. The fourth-order valence-electron chi connectivity index (χ4n) is 2.36. The maximum Gasteiger partial charge on any atom is 0.261 e. The molecule has 0 bridgehead atoms. The molecule has 1 aliphatic carbocycles. The van der Waals surface area contributed by atoms with Gasteiger partial charge in [-0.1, -0.05) is 19.3 Å². The summed E-state index contributed by atoms with van der Waals surface area (Å²) in [5.74, 6) is -0.240. The summed E-state index contributed by atoms with van der Waals surface area (Å²) >= 11 is 0. The van der Waals surface area contributed by atoms with Gasteiger partial charge >= 0.3 is 0 Å². The lowest BCUT2D eigenvalue weighted by Crippen LogP contribution is -2.39. The second-order valence-electron chi connectivity index (χ2n) is 4.67. The monoisotopic (exact) mass is 234 g/mol. The fraction of sp³-hybridized carbons (Fsp3) is 0.538. The highest BCUT2D eigenvalue weighted by Crippen LogP contribution is 2.17. The van der Waals surface area contributed by atoms with Crippen molar-refractivity contribution in [2.24, 2.45) is 0 Å². The number of aromatic amines is 1. The number of rotatable bonds is 2. The van der Waals surface area contributed by atoms with Crippen molar-refractivity contribution >= 4 is 5.91 Å². The summed E-state index contributed by atoms with van der Waals surface area (Å²) in [6.45, 7) is 1.78. The molecule has 0 atom stereocenters. The van der Waals surface area contributed by atoms with E-state index < -0.39 is 0 Å². The van der Waals surface area contributed by atoms with E-state index in [0.717, 1.165) is 31.2 Å². The van der Waals surface area contributed by atoms with Crippen LogP contribution in [0, 0.1) is 6.92 Å². The van der Waals surface area contributed by atoms with Crippen LogP contribution >= 0.6 is 0 Å². The lowest BCUT2D eigenvalue weighted by molar-refractivity contribution is 0.0925. The Bertz CT molecular complexity index is 459. The number of aromatic nitrogens is 1. The molecule has 1 fully saturated rings. The first-order valence-electron chi connectivity index (χ1n) is 6.17. The Balaban J connectivity index is 2.11. The summed E-state index contributed by atoms with van der Waals surface area (Å²) in [4.78, 5) is 26.2. The van der Waals surface area contributed by atoms with Crippen LogP contribution in [0.15, 0.2) is 17.1 Å². The van der Waals surface area contributed by atoms with Crippen LogP contribution in [0.5, 0.6) is 0 Å². The summed E-state index contributed by atoms with van der Waals surface area (Å²) in [7, 11) is 0. The maximum atomic E-state index is 12.0. The van der Waals surface area contributed by atoms with Crippen molar-refractivity contribution in [1.82, 2.24) is 10.3 Å². The largest absolute Gasteiger partial charge is 0.349 e. The average molecular weight is 234 g/mol. The molecule has 0 unspecified atom stereocenters. The van der Waals surface area contributed by atoms with Crippen LogP contribution in [0.4, 0.5) is 0 Å². The maximum absolute atomic E-state index is 12.0. The number of carbonyl (C=O) groups is 1. The van der Waals surface area contributed by atoms with Crippen LogP contribution in [-0.4, -0.2) is 16.9 Å². The molecule has 92 valence electrons. The molecule has 2 rings (SSSR count). The third-order valence-electron chi connectivity index (χ3n) is 3.34. The topological polar surface area (TPSA) is 62.0 Å². The highest BCUT2D eigenvalue weighted by Gasteiger charge is 2.19. The fourth-order valence-corrected chi connectivity index (χ4v) is 2.36. The van der Waals surface area contributed by atoms with Gasteiger partial charge in [-0.25, -0.2) is 0 Å². The quantitative estimate of drug-likeness (QED) is 0.818. The molecule has 0 saturated heterocycles. The van der Waals surface area contributed by atoms with Gasteiger partial charge in [0.2, 0.25) is 0 Å². The summed E-state index contributed by atoms with van der Waals surface area (Å²) in [6.07, 6.45) is 7.18. The Hall–Kier alpha value is -1.58. The van der Waals surface area contributed by atoms with Gasteiger partial charge in [0.05, 0.1) is 0 Å². The van der Waals surface area contributed by atoms with Gasteiger partial charge in [-0.05, 0) is 31.4 Å². The van der Waals surface area contributed by atoms with Gasteiger partial charge in [-0.2, -0.15) is 0 Å². The second kappa shape index (κ2) is 5.17. The van der Waals surface area contributed by atoms with Crippen molar-refractivity contribution in [1.29, 1.82) is 0 Å². The second-order valence-corrected chi connectivity index (χ2v) is 4.67. The highest BCUT2D eigenvalue weighted by atomic mass is 16.2. The molecule has 4 nitrogen and oxygen atoms in total. The molecule has 0 aromatic carbocycles. The standard InChI is InChI=1S/C13H18N2O2/c1-9-7-8-14-12(16)11(9)13(17)15-10-5-3-2-4-6-10/h7-8,10H,2-6H2,1H3,(H,14,16)(H,15,17). The molecule has 0 aliphatic heterocycles. The Morgan fingerprint density at radius 3 is 2.71 bits per heavy atom. The van der Waals surface area contributed by atoms with Crippen molar-refractivity contribution in [3.63, 3.8) is 0 Å². The summed E-state index contributed by atoms with van der Waals surface area (Å²) < 4.78 is 0. The SMILES string of the molecule is Cc1cc[nH]c(=O)c1C(=O)NC1CCCCC1. The van der Waals surface area contributed by atoms with Crippen LogP contribution < -0.4 is 10.9 Å². The van der Waals surface area contributed by atoms with Gasteiger partial charge in [0.25, 0.3) is 11.5 Å². The normalized spacial score (nSPS) is 16.8. The van der Waals surface area contributed by atoms with Crippen LogP contribution in [0.25, 0.3) is 0 Å². The Kier molecular flexibility index (Phi) is 3.61. The lowest BCUT2D eigenvalue weighted by Gasteiger charge is -2.22. The van der Waals surface area contributed by atoms with E-state index in [2.05, 4.69) is 10.3 Å². The van der Waals surface area contributed by atoms with Crippen LogP contribution in [0.3, 0.4) is 0 Å². The minimum atomic E-state index is -0.307. The number of hydrogen-bond acceptors (Lipinski definition) is 2. The predicted octanol–water partition coefficient (Wildman–Crippen LogP) is 1.75. The number of nitrogens with one attached hydrogen (secondary N) is 2. The molecule has 1 amide bonds. The zero-order chi connectivity index (χ0) is 12.3. The smallest absolute Gasteiger partial charge is 0.261 e.